The number of allylic oxidation sites excluding steroid dienone is 1. The van der Waals surface area contributed by atoms with Gasteiger partial charge in [0.2, 0.25) is 0 Å². The van der Waals surface area contributed by atoms with Crippen molar-refractivity contribution >= 4 is 0 Å². The Balaban J connectivity index is 2.69. The molecule has 2 heterocycles. The molecule has 10 heteroatoms. The van der Waals surface area contributed by atoms with Gasteiger partial charge >= 0.3 is 12.4 Å². The minimum Gasteiger partial charge on any atom is -0.361 e. The molecule has 2 aliphatic rings. The van der Waals surface area contributed by atoms with Gasteiger partial charge in [0.15, 0.2) is 5.41 Å². The summed E-state index contributed by atoms with van der Waals surface area (Å²) in [7, 11) is 2.31. The third-order valence-electron chi connectivity index (χ3n) is 4.00. The topological polar surface area (TPSA) is 45.5 Å². The number of rotatable bonds is 2. The summed E-state index contributed by atoms with van der Waals surface area (Å²) in [6.07, 6.45) is -14.3. The molecule has 0 aliphatic carbocycles. The Kier molecular flexibility index (Phi) is 3.86. The summed E-state index contributed by atoms with van der Waals surface area (Å²) in [6.45, 7) is 0. The van der Waals surface area contributed by atoms with Gasteiger partial charge in [-0.3, -0.25) is 0 Å². The highest BCUT2D eigenvalue weighted by Gasteiger charge is 2.70. The van der Waals surface area contributed by atoms with Crippen LogP contribution in [0.4, 0.5) is 26.3 Å². The minimum absolute atomic E-state index is 0.356. The molecule has 0 aromatic heterocycles. The van der Waals surface area contributed by atoms with E-state index in [0.717, 1.165) is 18.1 Å². The van der Waals surface area contributed by atoms with Crippen molar-refractivity contribution in [2.75, 3.05) is 14.2 Å². The molecule has 1 saturated heterocycles. The molecule has 0 amide bonds. The van der Waals surface area contributed by atoms with Crippen LogP contribution >= 0.6 is 0 Å². The molecule has 0 radical (unpaired) electrons. The van der Waals surface area contributed by atoms with Crippen LogP contribution in [0.1, 0.15) is 12.8 Å². The van der Waals surface area contributed by atoms with Crippen LogP contribution in [0.5, 0.6) is 0 Å². The van der Waals surface area contributed by atoms with E-state index in [2.05, 4.69) is 0 Å². The van der Waals surface area contributed by atoms with Crippen LogP contribution in [0.15, 0.2) is 11.3 Å². The molecule has 0 N–H and O–H groups in total. The fourth-order valence-corrected chi connectivity index (χ4v) is 2.95. The minimum atomic E-state index is -5.37. The number of alkyl halides is 6. The molecule has 0 bridgehead atoms. The molecule has 0 aromatic carbocycles. The lowest BCUT2D eigenvalue weighted by Crippen LogP contribution is -2.62. The van der Waals surface area contributed by atoms with E-state index in [1.54, 1.807) is 0 Å². The van der Waals surface area contributed by atoms with E-state index in [-0.39, 0.29) is 6.42 Å². The average Bonchev–Trinajstić information content (AvgIpc) is 2.36. The molecule has 0 unspecified atom stereocenters. The van der Waals surface area contributed by atoms with Crippen LogP contribution in [0.25, 0.3) is 0 Å². The van der Waals surface area contributed by atoms with E-state index in [0.29, 0.717) is 0 Å². The van der Waals surface area contributed by atoms with E-state index < -0.39 is 47.9 Å². The first-order valence-corrected chi connectivity index (χ1v) is 6.16. The standard InChI is InChI=1S/C12H12F6N2O2/c1-21-7-3-6-9(11(13,14)15)10(5-19,12(16,17)18)4-8(22-2)20(6)7/h7-8H,3-4H2,1-2H3/t7-,8-,10+/m1/s1. The van der Waals surface area contributed by atoms with Gasteiger partial charge in [0, 0.05) is 32.8 Å². The highest BCUT2D eigenvalue weighted by molar-refractivity contribution is 5.40. The Labute approximate surface area is 121 Å². The van der Waals surface area contributed by atoms with E-state index in [4.69, 9.17) is 14.7 Å². The van der Waals surface area contributed by atoms with Crippen molar-refractivity contribution in [3.8, 4) is 6.07 Å². The lowest BCUT2D eigenvalue weighted by atomic mass is 9.70. The number of fused-ring (bicyclic) bond motifs is 1. The van der Waals surface area contributed by atoms with E-state index in [1.165, 1.54) is 7.11 Å². The smallest absolute Gasteiger partial charge is 0.361 e. The Morgan fingerprint density at radius 2 is 1.68 bits per heavy atom. The quantitative estimate of drug-likeness (QED) is 0.731. The summed E-state index contributed by atoms with van der Waals surface area (Å²) in [5, 5.41) is 8.97. The van der Waals surface area contributed by atoms with E-state index >= 15 is 0 Å². The van der Waals surface area contributed by atoms with Crippen LogP contribution in [-0.2, 0) is 9.47 Å². The Hall–Kier alpha value is -1.47. The van der Waals surface area contributed by atoms with Gasteiger partial charge < -0.3 is 14.4 Å². The van der Waals surface area contributed by atoms with Gasteiger partial charge in [-0.15, -0.1) is 0 Å². The molecular formula is C12H12F6N2O2. The molecule has 3 atom stereocenters. The van der Waals surface area contributed by atoms with Crippen LogP contribution < -0.4 is 0 Å². The molecular weight excluding hydrogens is 318 g/mol. The number of hydrogen-bond acceptors (Lipinski definition) is 4. The second-order valence-corrected chi connectivity index (χ2v) is 5.03. The lowest BCUT2D eigenvalue weighted by Gasteiger charge is -2.55. The molecule has 124 valence electrons. The number of methoxy groups -OCH3 is 2. The molecule has 2 rings (SSSR count). The Morgan fingerprint density at radius 1 is 1.14 bits per heavy atom. The van der Waals surface area contributed by atoms with Gasteiger partial charge in [-0.05, 0) is 0 Å². The zero-order chi connectivity index (χ0) is 16.9. The SMILES string of the molecule is CO[C@@H]1CC2=C(C(F)(F)F)[C@](C#N)(C(F)(F)F)C[C@@H](OC)N21. The van der Waals surface area contributed by atoms with Gasteiger partial charge in [0.25, 0.3) is 0 Å². The summed E-state index contributed by atoms with van der Waals surface area (Å²) in [5.74, 6) is 0. The zero-order valence-electron chi connectivity index (χ0n) is 11.5. The lowest BCUT2D eigenvalue weighted by molar-refractivity contribution is -0.253. The first-order chi connectivity index (χ1) is 10.0. The predicted molar refractivity (Wildman–Crippen MR) is 59.8 cm³/mol. The van der Waals surface area contributed by atoms with Crippen LogP contribution in [-0.4, -0.2) is 43.9 Å². The summed E-state index contributed by atoms with van der Waals surface area (Å²) >= 11 is 0. The van der Waals surface area contributed by atoms with Crippen molar-refractivity contribution in [2.45, 2.75) is 37.7 Å². The number of halogens is 6. The highest BCUT2D eigenvalue weighted by atomic mass is 19.4. The number of nitriles is 1. The largest absolute Gasteiger partial charge is 0.416 e. The summed E-state index contributed by atoms with van der Waals surface area (Å²) in [5.41, 5.74) is -6.11. The molecule has 0 saturated carbocycles. The second-order valence-electron chi connectivity index (χ2n) is 5.03. The number of ether oxygens (including phenoxy) is 2. The molecule has 2 aliphatic heterocycles. The average molecular weight is 330 g/mol. The monoisotopic (exact) mass is 330 g/mol. The molecule has 1 fully saturated rings. The Bertz CT molecular complexity index is 535. The van der Waals surface area contributed by atoms with Gasteiger partial charge in [-0.1, -0.05) is 0 Å². The van der Waals surface area contributed by atoms with Crippen LogP contribution in [0.2, 0.25) is 0 Å². The highest BCUT2D eigenvalue weighted by Crippen LogP contribution is 2.59. The fraction of sp³-hybridized carbons (Fsp3) is 0.750. The normalized spacial score (nSPS) is 32.4. The maximum absolute atomic E-state index is 13.3. The van der Waals surface area contributed by atoms with Gasteiger partial charge in [0.05, 0.1) is 11.6 Å². The molecule has 22 heavy (non-hydrogen) atoms. The van der Waals surface area contributed by atoms with Gasteiger partial charge in [-0.25, -0.2) is 0 Å². The van der Waals surface area contributed by atoms with Crippen molar-refractivity contribution < 1.29 is 35.8 Å². The third-order valence-corrected chi connectivity index (χ3v) is 4.00. The van der Waals surface area contributed by atoms with E-state index in [1.807, 2.05) is 0 Å². The zero-order valence-corrected chi connectivity index (χ0v) is 11.5. The van der Waals surface area contributed by atoms with Gasteiger partial charge in [0.1, 0.15) is 12.5 Å². The van der Waals surface area contributed by atoms with Crippen LogP contribution in [0, 0.1) is 16.7 Å². The fourth-order valence-electron chi connectivity index (χ4n) is 2.95. The second kappa shape index (κ2) is 5.03. The third kappa shape index (κ3) is 2.14. The maximum atomic E-state index is 13.3. The summed E-state index contributed by atoms with van der Waals surface area (Å²) in [6, 6.07) is 0.846. The Morgan fingerprint density at radius 3 is 2.05 bits per heavy atom. The number of hydrogen-bond donors (Lipinski definition) is 0. The molecule has 4 nitrogen and oxygen atoms in total. The van der Waals surface area contributed by atoms with E-state index in [9.17, 15) is 26.3 Å². The first kappa shape index (κ1) is 16.9. The maximum Gasteiger partial charge on any atom is 0.416 e. The molecule has 0 aromatic rings. The van der Waals surface area contributed by atoms with Crippen molar-refractivity contribution in [2.24, 2.45) is 5.41 Å². The van der Waals surface area contributed by atoms with Gasteiger partial charge in [-0.2, -0.15) is 31.6 Å². The first-order valence-electron chi connectivity index (χ1n) is 6.16. The predicted octanol–water partition coefficient (Wildman–Crippen LogP) is 2.93. The van der Waals surface area contributed by atoms with Crippen molar-refractivity contribution in [1.29, 1.82) is 5.26 Å². The summed E-state index contributed by atoms with van der Waals surface area (Å²) < 4.78 is 89.5. The molecule has 0 spiro atoms. The van der Waals surface area contributed by atoms with Crippen molar-refractivity contribution in [1.82, 2.24) is 4.90 Å². The van der Waals surface area contributed by atoms with Crippen molar-refractivity contribution in [3.63, 3.8) is 0 Å². The van der Waals surface area contributed by atoms with Crippen LogP contribution in [0.3, 0.4) is 0 Å². The van der Waals surface area contributed by atoms with Crippen molar-refractivity contribution in [3.05, 3.63) is 11.3 Å². The number of nitrogens with zero attached hydrogens (tertiary/aromatic N) is 2. The summed E-state index contributed by atoms with van der Waals surface area (Å²) in [4.78, 5) is 1.00.